The summed E-state index contributed by atoms with van der Waals surface area (Å²) in [6, 6.07) is 8.11. The highest BCUT2D eigenvalue weighted by Crippen LogP contribution is 2.10. The highest BCUT2D eigenvalue weighted by molar-refractivity contribution is 6.00. The fourth-order valence-corrected chi connectivity index (χ4v) is 7.23. The number of hydrogen-bond donors (Lipinski definition) is 12. The van der Waals surface area contributed by atoms with Crippen LogP contribution in [0.2, 0.25) is 0 Å². The second-order valence-electron chi connectivity index (χ2n) is 17.7. The van der Waals surface area contributed by atoms with Crippen LogP contribution in [0.15, 0.2) is 74.3 Å². The molecule has 1 atom stereocenters. The van der Waals surface area contributed by atoms with E-state index >= 15 is 0 Å². The van der Waals surface area contributed by atoms with Gasteiger partial charge in [-0.3, -0.25) is 71.9 Å². The predicted molar refractivity (Wildman–Crippen MR) is 281 cm³/mol. The van der Waals surface area contributed by atoms with Crippen molar-refractivity contribution >= 4 is 70.7 Å². The molecule has 0 aromatic carbocycles. The first kappa shape index (κ1) is 64.2. The number of nitrogens with one attached hydrogen (secondary N) is 8. The molecule has 8 bridgehead atoms. The van der Waals surface area contributed by atoms with Crippen molar-refractivity contribution in [3.8, 4) is 0 Å². The minimum Gasteiger partial charge on any atom is -0.425 e. The second-order valence-corrected chi connectivity index (χ2v) is 17.7. The third-order valence-corrected chi connectivity index (χ3v) is 11.9. The third kappa shape index (κ3) is 15.1. The lowest BCUT2D eigenvalue weighted by molar-refractivity contribution is -0.139. The molecule has 35 heteroatoms. The summed E-state index contributed by atoms with van der Waals surface area (Å²) in [7, 11) is 0. The van der Waals surface area contributed by atoms with Gasteiger partial charge in [0.1, 0.15) is 45.0 Å². The van der Waals surface area contributed by atoms with Gasteiger partial charge < -0.3 is 83.0 Å². The highest BCUT2D eigenvalue weighted by atomic mass is 16.5. The Hall–Kier alpha value is -11.3. The standard InChI is InChI=1S/C24H28N8O9.C23H26N8O10.CH4/c1-12-18-7-5-16(23(38)31(18)40)20(35)27-13(2)28-21(36)17-6-8-19(32(41)24(17)39)22(37)26-10-30(15(4)34)11-29(9-25-12)14(3)33;1-11-26-20(36)16-6-4-14(22(38)30(16)40)18(34)24-8-28(12(2)32)10-29(13(3)33)9-25-19(35)15-5-7-17(21(37)27-11)31(41)23(15)39;/h5-8,13,25,40-41H,1,9-11H2,2-4H3,(H,26,37)(H,27,35)(H,28,36);4-7,11,40-41H,8-10H2,1-3H3,(H,24,34)(H,25,35)(H,26,36)(H,27,37);1H4. The normalized spacial score (nSPS) is 16.2. The van der Waals surface area contributed by atoms with Crippen LogP contribution >= 0.6 is 0 Å². The van der Waals surface area contributed by atoms with Gasteiger partial charge in [0, 0.05) is 27.7 Å². The summed E-state index contributed by atoms with van der Waals surface area (Å²) in [6.45, 7) is 8.50. The SMILES string of the molecule is C.C=C1NCN(C(C)=O)CN(C(C)=O)CNC(=O)c2ccc(c(=O)n2O)C(=O)NC(C)NC(=O)c2ccc1n(O)c2=O.CC(=O)N1CNC(=O)c2ccc(n(O)c2=O)C(=O)NC(C)NC(=O)c2ccc(c(=O)n2O)C(=O)NCN(C(C)=O)C1. The Morgan fingerprint density at radius 1 is 0.386 bits per heavy atom. The van der Waals surface area contributed by atoms with Gasteiger partial charge in [-0.1, -0.05) is 14.0 Å². The van der Waals surface area contributed by atoms with Gasteiger partial charge in [0.15, 0.2) is 0 Å². The van der Waals surface area contributed by atoms with Crippen LogP contribution in [0.1, 0.15) is 128 Å². The number of aromatic nitrogens is 4. The lowest BCUT2D eigenvalue weighted by Gasteiger charge is -2.30. The number of amides is 11. The Balaban J connectivity index is 0.000000352. The van der Waals surface area contributed by atoms with Crippen molar-refractivity contribution < 1.29 is 73.6 Å². The van der Waals surface area contributed by atoms with Crippen molar-refractivity contribution in [1.29, 1.82) is 0 Å². The van der Waals surface area contributed by atoms with Gasteiger partial charge in [-0.25, -0.2) is 0 Å². The molecule has 0 fully saturated rings. The molecular weight excluding hydrogens is 1100 g/mol. The fourth-order valence-electron chi connectivity index (χ4n) is 7.23. The van der Waals surface area contributed by atoms with Crippen molar-refractivity contribution in [3.63, 3.8) is 0 Å². The van der Waals surface area contributed by atoms with Crippen molar-refractivity contribution in [1.82, 2.24) is 81.1 Å². The molecule has 8 aliphatic heterocycles. The molecule has 12 rings (SSSR count). The van der Waals surface area contributed by atoms with Crippen LogP contribution in [0.3, 0.4) is 0 Å². The fraction of sp³-hybridized carbons (Fsp3) is 0.312. The van der Waals surface area contributed by atoms with Gasteiger partial charge in [0.2, 0.25) is 23.6 Å². The minimum absolute atomic E-state index is 0. The van der Waals surface area contributed by atoms with E-state index in [-0.39, 0.29) is 51.1 Å². The van der Waals surface area contributed by atoms with Crippen LogP contribution in [-0.2, 0) is 19.2 Å². The first-order chi connectivity index (χ1) is 38.4. The van der Waals surface area contributed by atoms with Crippen molar-refractivity contribution in [2.45, 2.75) is 61.3 Å². The molecule has 4 aromatic heterocycles. The van der Waals surface area contributed by atoms with E-state index in [4.69, 9.17) is 0 Å². The van der Waals surface area contributed by atoms with Crippen LogP contribution < -0.4 is 64.8 Å². The molecule has 0 saturated heterocycles. The molecule has 35 nitrogen and oxygen atoms in total. The van der Waals surface area contributed by atoms with E-state index in [1.165, 1.54) is 33.8 Å². The minimum atomic E-state index is -1.28. The third-order valence-electron chi connectivity index (χ3n) is 11.9. The number of hydrogen-bond acceptors (Lipinski definition) is 20. The van der Waals surface area contributed by atoms with E-state index in [0.717, 1.165) is 75.9 Å². The Kier molecular flexibility index (Phi) is 20.9. The van der Waals surface area contributed by atoms with E-state index in [1.807, 2.05) is 0 Å². The predicted octanol–water partition coefficient (Wildman–Crippen LogP) is -4.47. The van der Waals surface area contributed by atoms with Gasteiger partial charge in [0.05, 0.1) is 58.0 Å². The molecule has 0 aliphatic carbocycles. The van der Waals surface area contributed by atoms with Gasteiger partial charge in [0.25, 0.3) is 63.6 Å². The van der Waals surface area contributed by atoms with Gasteiger partial charge >= 0.3 is 0 Å². The van der Waals surface area contributed by atoms with Crippen molar-refractivity contribution in [2.24, 2.45) is 0 Å². The first-order valence-corrected chi connectivity index (χ1v) is 23.8. The zero-order valence-corrected chi connectivity index (χ0v) is 44.2. The monoisotopic (exact) mass is 1160 g/mol. The molecule has 12 N–H and O–H groups in total. The molecule has 11 amide bonds. The summed E-state index contributed by atoms with van der Waals surface area (Å²) < 4.78 is -0.0594. The maximum Gasteiger partial charge on any atom is 0.296 e. The smallest absolute Gasteiger partial charge is 0.296 e. The van der Waals surface area contributed by atoms with Crippen LogP contribution in [-0.4, -0.2) is 177 Å². The molecule has 4 aromatic rings. The number of carbonyl (C=O) groups is 11. The van der Waals surface area contributed by atoms with Gasteiger partial charge in [-0.2, -0.15) is 0 Å². The average molecular weight is 1160 g/mol. The molecule has 0 saturated carbocycles. The van der Waals surface area contributed by atoms with E-state index in [9.17, 15) is 92.7 Å². The van der Waals surface area contributed by atoms with E-state index in [0.29, 0.717) is 0 Å². The number of rotatable bonds is 0. The van der Waals surface area contributed by atoms with Gasteiger partial charge in [-0.15, -0.1) is 18.9 Å². The van der Waals surface area contributed by atoms with E-state index in [2.05, 4.69) is 49.1 Å². The highest BCUT2D eigenvalue weighted by Gasteiger charge is 2.28. The maximum absolute atomic E-state index is 12.7. The number of carbonyl (C=O) groups excluding carboxylic acids is 11. The summed E-state index contributed by atoms with van der Waals surface area (Å²) in [5, 5.41) is 60.0. The molecule has 83 heavy (non-hydrogen) atoms. The lowest BCUT2D eigenvalue weighted by atomic mass is 10.2. The van der Waals surface area contributed by atoms with Gasteiger partial charge in [-0.05, 0) is 62.4 Å². The zero-order chi connectivity index (χ0) is 61.2. The van der Waals surface area contributed by atoms with Crippen LogP contribution in [0.4, 0.5) is 0 Å². The Morgan fingerprint density at radius 3 is 0.940 bits per heavy atom. The van der Waals surface area contributed by atoms with E-state index < -0.39 is 166 Å². The van der Waals surface area contributed by atoms with Crippen LogP contribution in [0, 0.1) is 0 Å². The Bertz CT molecular complexity index is 3360. The first-order valence-electron chi connectivity index (χ1n) is 23.8. The molecule has 444 valence electrons. The molecule has 0 radical (unpaired) electrons. The molecule has 12 heterocycles. The summed E-state index contributed by atoms with van der Waals surface area (Å²) in [6.07, 6.45) is -2.32. The van der Waals surface area contributed by atoms with Crippen LogP contribution in [0.5, 0.6) is 0 Å². The quantitative estimate of drug-likeness (QED) is 0.0739. The molecule has 8 aliphatic rings. The molecule has 1 unspecified atom stereocenters. The zero-order valence-electron chi connectivity index (χ0n) is 44.2. The topological polar surface area (TPSA) is 466 Å². The summed E-state index contributed by atoms with van der Waals surface area (Å²) >= 11 is 0. The largest absolute Gasteiger partial charge is 0.425 e. The summed E-state index contributed by atoms with van der Waals surface area (Å²) in [5.74, 6) is -9.40. The number of pyridine rings is 4. The van der Waals surface area contributed by atoms with Crippen molar-refractivity contribution in [2.75, 3.05) is 40.0 Å². The number of nitrogens with zero attached hydrogens (tertiary/aromatic N) is 8. The van der Waals surface area contributed by atoms with E-state index in [1.54, 1.807) is 0 Å². The summed E-state index contributed by atoms with van der Waals surface area (Å²) in [4.78, 5) is 192. The summed E-state index contributed by atoms with van der Waals surface area (Å²) in [5.41, 5.74) is -9.11. The second kappa shape index (κ2) is 27.0. The maximum atomic E-state index is 12.7. The average Bonchev–Trinajstić information content (AvgIpc) is 3.43. The molecule has 0 spiro atoms. The molecular formula is C48H58N16O19. The van der Waals surface area contributed by atoms with Crippen molar-refractivity contribution in [3.05, 3.63) is 142 Å². The lowest BCUT2D eigenvalue weighted by Crippen LogP contribution is -2.51. The Morgan fingerprint density at radius 2 is 0.627 bits per heavy atom. The Labute approximate surface area is 467 Å². The van der Waals surface area contributed by atoms with Crippen LogP contribution in [0.25, 0.3) is 5.70 Å².